The maximum absolute atomic E-state index is 3.81. The number of hydrogen-bond acceptors (Lipinski definition) is 3. The van der Waals surface area contributed by atoms with Gasteiger partial charge in [-0.1, -0.05) is 34.6 Å². The zero-order valence-electron chi connectivity index (χ0n) is 14.3. The molecular formula is C17H36N2S. The van der Waals surface area contributed by atoms with Crippen molar-refractivity contribution in [1.82, 2.24) is 10.2 Å². The SMILES string of the molecule is CCCNC1CC(C)CC(C)C1SCCN(CC)CC. The van der Waals surface area contributed by atoms with Gasteiger partial charge in [-0.2, -0.15) is 11.8 Å². The van der Waals surface area contributed by atoms with E-state index in [0.717, 1.165) is 23.1 Å². The number of thioether (sulfide) groups is 1. The lowest BCUT2D eigenvalue weighted by atomic mass is 9.80. The molecule has 2 nitrogen and oxygen atoms in total. The molecule has 1 fully saturated rings. The molecular weight excluding hydrogens is 264 g/mol. The summed E-state index contributed by atoms with van der Waals surface area (Å²) < 4.78 is 0. The second-order valence-corrected chi connectivity index (χ2v) is 7.76. The first-order valence-electron chi connectivity index (χ1n) is 8.69. The van der Waals surface area contributed by atoms with Gasteiger partial charge in [-0.25, -0.2) is 0 Å². The maximum atomic E-state index is 3.81. The van der Waals surface area contributed by atoms with Crippen LogP contribution in [0.2, 0.25) is 0 Å². The first kappa shape index (κ1) is 18.3. The van der Waals surface area contributed by atoms with E-state index in [1.807, 2.05) is 0 Å². The van der Waals surface area contributed by atoms with Crippen molar-refractivity contribution >= 4 is 11.8 Å². The minimum Gasteiger partial charge on any atom is -0.313 e. The van der Waals surface area contributed by atoms with E-state index in [4.69, 9.17) is 0 Å². The van der Waals surface area contributed by atoms with Crippen LogP contribution in [0.3, 0.4) is 0 Å². The molecule has 1 saturated carbocycles. The van der Waals surface area contributed by atoms with Gasteiger partial charge in [-0.3, -0.25) is 0 Å². The van der Waals surface area contributed by atoms with Crippen LogP contribution in [0, 0.1) is 11.8 Å². The van der Waals surface area contributed by atoms with E-state index in [2.05, 4.69) is 56.6 Å². The van der Waals surface area contributed by atoms with Crippen molar-refractivity contribution in [2.45, 2.75) is 65.2 Å². The van der Waals surface area contributed by atoms with Crippen molar-refractivity contribution in [3.05, 3.63) is 0 Å². The number of nitrogens with zero attached hydrogens (tertiary/aromatic N) is 1. The summed E-state index contributed by atoms with van der Waals surface area (Å²) in [5.41, 5.74) is 0. The molecule has 3 heteroatoms. The molecule has 120 valence electrons. The minimum atomic E-state index is 0.732. The molecule has 1 aliphatic rings. The van der Waals surface area contributed by atoms with Crippen molar-refractivity contribution in [2.75, 3.05) is 31.9 Å². The molecule has 0 bridgehead atoms. The number of rotatable bonds is 9. The average Bonchev–Trinajstić information content (AvgIpc) is 2.43. The molecule has 0 spiro atoms. The predicted octanol–water partition coefficient (Wildman–Crippen LogP) is 3.86. The van der Waals surface area contributed by atoms with Gasteiger partial charge in [-0.05, 0) is 50.7 Å². The normalized spacial score (nSPS) is 30.9. The van der Waals surface area contributed by atoms with Crippen molar-refractivity contribution in [3.63, 3.8) is 0 Å². The van der Waals surface area contributed by atoms with E-state index in [1.54, 1.807) is 0 Å². The molecule has 0 aromatic heterocycles. The molecule has 20 heavy (non-hydrogen) atoms. The quantitative estimate of drug-likeness (QED) is 0.696. The predicted molar refractivity (Wildman–Crippen MR) is 93.7 cm³/mol. The molecule has 0 aromatic rings. The highest BCUT2D eigenvalue weighted by Gasteiger charge is 2.33. The van der Waals surface area contributed by atoms with Gasteiger partial charge >= 0.3 is 0 Å². The van der Waals surface area contributed by atoms with Crippen molar-refractivity contribution in [2.24, 2.45) is 11.8 Å². The Labute approximate surface area is 131 Å². The summed E-state index contributed by atoms with van der Waals surface area (Å²) in [5, 5.41) is 4.63. The summed E-state index contributed by atoms with van der Waals surface area (Å²) in [5.74, 6) is 3.03. The fraction of sp³-hybridized carbons (Fsp3) is 1.00. The van der Waals surface area contributed by atoms with Gasteiger partial charge in [0.1, 0.15) is 0 Å². The van der Waals surface area contributed by atoms with Gasteiger partial charge in [0, 0.05) is 23.6 Å². The van der Waals surface area contributed by atoms with Crippen LogP contribution < -0.4 is 5.32 Å². The van der Waals surface area contributed by atoms with E-state index < -0.39 is 0 Å². The van der Waals surface area contributed by atoms with Gasteiger partial charge < -0.3 is 10.2 Å². The highest BCUT2D eigenvalue weighted by atomic mass is 32.2. The molecule has 0 saturated heterocycles. The van der Waals surface area contributed by atoms with Crippen LogP contribution in [0.4, 0.5) is 0 Å². The van der Waals surface area contributed by atoms with Gasteiger partial charge in [0.05, 0.1) is 0 Å². The van der Waals surface area contributed by atoms with Crippen LogP contribution in [0.5, 0.6) is 0 Å². The average molecular weight is 301 g/mol. The molecule has 4 atom stereocenters. The topological polar surface area (TPSA) is 15.3 Å². The summed E-state index contributed by atoms with van der Waals surface area (Å²) in [6.07, 6.45) is 4.02. The second-order valence-electron chi connectivity index (χ2n) is 6.48. The van der Waals surface area contributed by atoms with Crippen LogP contribution >= 0.6 is 11.8 Å². The first-order valence-corrected chi connectivity index (χ1v) is 9.74. The monoisotopic (exact) mass is 300 g/mol. The Bertz CT molecular complexity index is 243. The van der Waals surface area contributed by atoms with Gasteiger partial charge in [0.15, 0.2) is 0 Å². The van der Waals surface area contributed by atoms with Crippen molar-refractivity contribution in [3.8, 4) is 0 Å². The van der Waals surface area contributed by atoms with Crippen molar-refractivity contribution < 1.29 is 0 Å². The van der Waals surface area contributed by atoms with E-state index in [9.17, 15) is 0 Å². The molecule has 1 aliphatic carbocycles. The molecule has 1 rings (SSSR count). The van der Waals surface area contributed by atoms with Crippen molar-refractivity contribution in [1.29, 1.82) is 0 Å². The first-order chi connectivity index (χ1) is 9.62. The molecule has 4 unspecified atom stereocenters. The lowest BCUT2D eigenvalue weighted by Crippen LogP contribution is -2.47. The largest absolute Gasteiger partial charge is 0.313 e. The summed E-state index contributed by atoms with van der Waals surface area (Å²) in [7, 11) is 0. The smallest absolute Gasteiger partial charge is 0.0227 e. The lowest BCUT2D eigenvalue weighted by molar-refractivity contribution is 0.248. The third kappa shape index (κ3) is 5.95. The van der Waals surface area contributed by atoms with E-state index in [0.29, 0.717) is 0 Å². The van der Waals surface area contributed by atoms with Crippen LogP contribution in [0.1, 0.15) is 53.9 Å². The summed E-state index contributed by atoms with van der Waals surface area (Å²) >= 11 is 2.22. The zero-order chi connectivity index (χ0) is 15.0. The maximum Gasteiger partial charge on any atom is 0.0227 e. The standard InChI is InChI=1S/C17H36N2S/c1-6-9-18-16-13-14(4)12-15(5)17(16)20-11-10-19(7-2)8-3/h14-18H,6-13H2,1-5H3. The fourth-order valence-electron chi connectivity index (χ4n) is 3.50. The Balaban J connectivity index is 2.44. The Morgan fingerprint density at radius 1 is 1.10 bits per heavy atom. The summed E-state index contributed by atoms with van der Waals surface area (Å²) in [6, 6.07) is 0.732. The highest BCUT2D eigenvalue weighted by Crippen LogP contribution is 2.36. The summed E-state index contributed by atoms with van der Waals surface area (Å²) in [4.78, 5) is 2.54. The molecule has 0 aromatic carbocycles. The number of nitrogens with one attached hydrogen (secondary N) is 1. The van der Waals surface area contributed by atoms with Crippen LogP contribution in [0.25, 0.3) is 0 Å². The van der Waals surface area contributed by atoms with Crippen LogP contribution in [-0.4, -0.2) is 48.1 Å². The zero-order valence-corrected chi connectivity index (χ0v) is 15.1. The Morgan fingerprint density at radius 3 is 2.40 bits per heavy atom. The molecule has 0 aliphatic heterocycles. The third-order valence-electron chi connectivity index (χ3n) is 4.66. The van der Waals surface area contributed by atoms with E-state index >= 15 is 0 Å². The van der Waals surface area contributed by atoms with Crippen LogP contribution in [0.15, 0.2) is 0 Å². The van der Waals surface area contributed by atoms with E-state index in [1.165, 1.54) is 51.2 Å². The Kier molecular flexibility index (Phi) is 9.23. The number of hydrogen-bond donors (Lipinski definition) is 1. The minimum absolute atomic E-state index is 0.732. The molecule has 0 radical (unpaired) electrons. The van der Waals surface area contributed by atoms with E-state index in [-0.39, 0.29) is 0 Å². The Hall–Kier alpha value is 0.270. The van der Waals surface area contributed by atoms with Gasteiger partial charge in [0.25, 0.3) is 0 Å². The molecule has 0 heterocycles. The Morgan fingerprint density at radius 2 is 1.80 bits per heavy atom. The third-order valence-corrected chi connectivity index (χ3v) is 6.25. The fourth-order valence-corrected chi connectivity index (χ4v) is 5.01. The van der Waals surface area contributed by atoms with Crippen LogP contribution in [-0.2, 0) is 0 Å². The second kappa shape index (κ2) is 10.1. The molecule has 1 N–H and O–H groups in total. The molecule has 0 amide bonds. The highest BCUT2D eigenvalue weighted by molar-refractivity contribution is 8.00. The van der Waals surface area contributed by atoms with Gasteiger partial charge in [-0.15, -0.1) is 0 Å². The lowest BCUT2D eigenvalue weighted by Gasteiger charge is -2.40. The van der Waals surface area contributed by atoms with Gasteiger partial charge in [0.2, 0.25) is 0 Å². The summed E-state index contributed by atoms with van der Waals surface area (Å²) in [6.45, 7) is 16.5.